The molecule has 1 aromatic rings. The molecule has 8 nitrogen and oxygen atoms in total. The van der Waals surface area contributed by atoms with E-state index >= 15 is 0 Å². The van der Waals surface area contributed by atoms with Crippen LogP contribution in [-0.2, 0) is 20.7 Å². The molecule has 4 unspecified atom stereocenters. The van der Waals surface area contributed by atoms with E-state index < -0.39 is 11.6 Å². The minimum Gasteiger partial charge on any atom is -0.396 e. The molecule has 152 valence electrons. The standard InChI is InChI=1S/C21H24N4O4/c1-11-16(23-8-6-12-5-3-4-7-22-12)19(28)15-13(10-26)21(29-2)20-14(24-20)9-25(21)17(15)18(11)27/h3-5,7,13-14,20,23-24,26H,6,8-10H2,1-2H3. The van der Waals surface area contributed by atoms with Gasteiger partial charge in [-0.1, -0.05) is 6.07 Å². The van der Waals surface area contributed by atoms with Gasteiger partial charge in [0.15, 0.2) is 5.72 Å². The number of methoxy groups -OCH3 is 1. The highest BCUT2D eigenvalue weighted by Gasteiger charge is 2.72. The highest BCUT2D eigenvalue weighted by Crippen LogP contribution is 2.55. The Balaban J connectivity index is 1.43. The number of carbonyl (C=O) groups excluding carboxylic acids is 2. The molecule has 1 aromatic heterocycles. The van der Waals surface area contributed by atoms with Crippen molar-refractivity contribution >= 4 is 11.6 Å². The Labute approximate surface area is 168 Å². The molecule has 3 N–H and O–H groups in total. The Morgan fingerprint density at radius 2 is 2.21 bits per heavy atom. The molecule has 3 aliphatic heterocycles. The van der Waals surface area contributed by atoms with Gasteiger partial charge in [0, 0.05) is 55.7 Å². The number of ether oxygens (including phenoxy) is 1. The third-order valence-electron chi connectivity index (χ3n) is 6.63. The van der Waals surface area contributed by atoms with Gasteiger partial charge in [-0.15, -0.1) is 0 Å². The molecule has 0 aromatic carbocycles. The number of allylic oxidation sites excluding steroid dienone is 2. The van der Waals surface area contributed by atoms with Crippen LogP contribution < -0.4 is 10.6 Å². The van der Waals surface area contributed by atoms with Crippen molar-refractivity contribution < 1.29 is 19.4 Å². The highest BCUT2D eigenvalue weighted by atomic mass is 16.5. The third kappa shape index (κ3) is 2.39. The van der Waals surface area contributed by atoms with Crippen LogP contribution in [0.1, 0.15) is 12.6 Å². The number of piperazine rings is 1. The summed E-state index contributed by atoms with van der Waals surface area (Å²) in [6, 6.07) is 5.93. The number of rotatable bonds is 6. The number of aliphatic hydroxyl groups excluding tert-OH is 1. The SMILES string of the molecule is COC12C(CO)C3=C(C(=O)C(C)=C(NCCc4ccccn4)C3=O)N1CC1NC12. The number of nitrogens with zero attached hydrogens (tertiary/aromatic N) is 2. The topological polar surface area (TPSA) is 114 Å². The maximum absolute atomic E-state index is 13.4. The van der Waals surface area contributed by atoms with Gasteiger partial charge in [0.1, 0.15) is 0 Å². The number of Topliss-reactive ketones (excluding diaryl/α,β-unsaturated/α-hetero) is 2. The van der Waals surface area contributed by atoms with Crippen molar-refractivity contribution in [3.8, 4) is 0 Å². The van der Waals surface area contributed by atoms with E-state index in [0.29, 0.717) is 42.1 Å². The first kappa shape index (κ1) is 18.5. The molecule has 8 heteroatoms. The first-order valence-corrected chi connectivity index (χ1v) is 9.92. The number of ketones is 2. The summed E-state index contributed by atoms with van der Waals surface area (Å²) in [6.45, 7) is 2.51. The van der Waals surface area contributed by atoms with Crippen molar-refractivity contribution in [2.45, 2.75) is 31.2 Å². The largest absolute Gasteiger partial charge is 0.396 e. The fraction of sp³-hybridized carbons (Fsp3) is 0.476. The van der Waals surface area contributed by atoms with Gasteiger partial charge in [-0.25, -0.2) is 0 Å². The number of aromatic nitrogens is 1. The van der Waals surface area contributed by atoms with E-state index in [1.807, 2.05) is 23.1 Å². The molecule has 2 saturated heterocycles. The van der Waals surface area contributed by atoms with Gasteiger partial charge in [-0.3, -0.25) is 14.6 Å². The molecule has 4 atom stereocenters. The van der Waals surface area contributed by atoms with Crippen molar-refractivity contribution in [2.24, 2.45) is 5.92 Å². The van der Waals surface area contributed by atoms with Crippen LogP contribution in [0.25, 0.3) is 0 Å². The fourth-order valence-electron chi connectivity index (χ4n) is 5.22. The van der Waals surface area contributed by atoms with Crippen molar-refractivity contribution in [3.63, 3.8) is 0 Å². The second-order valence-electron chi connectivity index (χ2n) is 7.97. The fourth-order valence-corrected chi connectivity index (χ4v) is 5.22. The van der Waals surface area contributed by atoms with Gasteiger partial charge in [0.25, 0.3) is 0 Å². The molecule has 5 rings (SSSR count). The van der Waals surface area contributed by atoms with E-state index in [0.717, 1.165) is 5.69 Å². The zero-order chi connectivity index (χ0) is 20.3. The van der Waals surface area contributed by atoms with Crippen LogP contribution in [-0.4, -0.2) is 71.2 Å². The van der Waals surface area contributed by atoms with Crippen LogP contribution in [0.3, 0.4) is 0 Å². The average Bonchev–Trinajstić information content (AvgIpc) is 3.35. The second-order valence-corrected chi connectivity index (χ2v) is 7.97. The van der Waals surface area contributed by atoms with Crippen LogP contribution in [0.4, 0.5) is 0 Å². The number of hydrogen-bond acceptors (Lipinski definition) is 8. The summed E-state index contributed by atoms with van der Waals surface area (Å²) in [6.07, 6.45) is 2.36. The molecular formula is C21H24N4O4. The predicted molar refractivity (Wildman–Crippen MR) is 103 cm³/mol. The van der Waals surface area contributed by atoms with Crippen LogP contribution >= 0.6 is 0 Å². The molecule has 0 saturated carbocycles. The van der Waals surface area contributed by atoms with Gasteiger partial charge in [0.2, 0.25) is 11.6 Å². The average molecular weight is 396 g/mol. The van der Waals surface area contributed by atoms with E-state index in [1.54, 1.807) is 20.2 Å². The quantitative estimate of drug-likeness (QED) is 0.436. The summed E-state index contributed by atoms with van der Waals surface area (Å²) in [5.74, 6) is -0.955. The Hall–Kier alpha value is -2.55. The lowest BCUT2D eigenvalue weighted by Gasteiger charge is -2.39. The Kier molecular flexibility index (Phi) is 4.13. The molecule has 4 aliphatic rings. The normalized spacial score (nSPS) is 32.5. The summed E-state index contributed by atoms with van der Waals surface area (Å²) in [4.78, 5) is 32.9. The van der Waals surface area contributed by atoms with Crippen LogP contribution in [0.15, 0.2) is 46.9 Å². The molecule has 0 spiro atoms. The summed E-state index contributed by atoms with van der Waals surface area (Å²) in [7, 11) is 1.58. The van der Waals surface area contributed by atoms with Gasteiger partial charge < -0.3 is 25.4 Å². The van der Waals surface area contributed by atoms with Crippen LogP contribution in [0.5, 0.6) is 0 Å². The number of fused-ring (bicyclic) bond motifs is 4. The Bertz CT molecular complexity index is 957. The van der Waals surface area contributed by atoms with Crippen molar-refractivity contribution in [3.05, 3.63) is 52.6 Å². The van der Waals surface area contributed by atoms with E-state index in [2.05, 4.69) is 15.6 Å². The smallest absolute Gasteiger partial charge is 0.208 e. The van der Waals surface area contributed by atoms with Crippen molar-refractivity contribution in [1.29, 1.82) is 0 Å². The van der Waals surface area contributed by atoms with E-state index in [-0.39, 0.29) is 30.3 Å². The predicted octanol–water partition coefficient (Wildman–Crippen LogP) is -0.486. The zero-order valence-corrected chi connectivity index (χ0v) is 16.4. The number of hydrogen-bond donors (Lipinski definition) is 3. The van der Waals surface area contributed by atoms with E-state index in [4.69, 9.17) is 4.74 Å². The third-order valence-corrected chi connectivity index (χ3v) is 6.63. The van der Waals surface area contributed by atoms with Gasteiger partial charge in [-0.05, 0) is 19.1 Å². The molecule has 4 heterocycles. The lowest BCUT2D eigenvalue weighted by Crippen LogP contribution is -2.54. The molecule has 1 aliphatic carbocycles. The minimum absolute atomic E-state index is 0.0109. The first-order valence-electron chi connectivity index (χ1n) is 9.92. The monoisotopic (exact) mass is 396 g/mol. The van der Waals surface area contributed by atoms with Crippen molar-refractivity contribution in [1.82, 2.24) is 20.5 Å². The van der Waals surface area contributed by atoms with Crippen molar-refractivity contribution in [2.75, 3.05) is 26.8 Å². The molecule has 29 heavy (non-hydrogen) atoms. The van der Waals surface area contributed by atoms with Gasteiger partial charge in [-0.2, -0.15) is 0 Å². The number of nitrogens with one attached hydrogen (secondary N) is 2. The Morgan fingerprint density at radius 3 is 2.90 bits per heavy atom. The van der Waals surface area contributed by atoms with Crippen LogP contribution in [0.2, 0.25) is 0 Å². The molecular weight excluding hydrogens is 372 g/mol. The number of pyridine rings is 1. The second kappa shape index (κ2) is 6.48. The van der Waals surface area contributed by atoms with Crippen LogP contribution in [0, 0.1) is 5.92 Å². The molecule has 2 fully saturated rings. The lowest BCUT2D eigenvalue weighted by atomic mass is 9.82. The molecule has 0 bridgehead atoms. The molecule has 0 amide bonds. The van der Waals surface area contributed by atoms with E-state index in [1.165, 1.54) is 0 Å². The number of carbonyl (C=O) groups is 2. The highest BCUT2D eigenvalue weighted by molar-refractivity contribution is 6.25. The maximum Gasteiger partial charge on any atom is 0.208 e. The zero-order valence-electron chi connectivity index (χ0n) is 16.4. The minimum atomic E-state index is -0.876. The summed E-state index contributed by atoms with van der Waals surface area (Å²) < 4.78 is 5.89. The van der Waals surface area contributed by atoms with Gasteiger partial charge in [0.05, 0.1) is 30.0 Å². The maximum atomic E-state index is 13.4. The van der Waals surface area contributed by atoms with E-state index in [9.17, 15) is 14.7 Å². The first-order chi connectivity index (χ1) is 14.0. The van der Waals surface area contributed by atoms with Gasteiger partial charge >= 0.3 is 0 Å². The summed E-state index contributed by atoms with van der Waals surface area (Å²) >= 11 is 0. The number of aliphatic hydroxyl groups is 1. The summed E-state index contributed by atoms with van der Waals surface area (Å²) in [5, 5.41) is 16.7. The molecule has 0 radical (unpaired) electrons. The Morgan fingerprint density at radius 1 is 1.38 bits per heavy atom. The lowest BCUT2D eigenvalue weighted by molar-refractivity contribution is -0.137. The summed E-state index contributed by atoms with van der Waals surface area (Å²) in [5.41, 5.74) is 1.53.